The molecular weight excluding hydrogens is 273 g/mol. The third kappa shape index (κ3) is 2.04. The normalized spacial score (nSPS) is 10.8. The highest BCUT2D eigenvalue weighted by Crippen LogP contribution is 2.27. The fourth-order valence-electron chi connectivity index (χ4n) is 1.55. The Bertz CT molecular complexity index is 738. The zero-order chi connectivity index (χ0) is 13.4. The molecule has 8 heteroatoms. The van der Waals surface area contributed by atoms with Crippen LogP contribution in [0, 0.1) is 5.82 Å². The molecule has 19 heavy (non-hydrogen) atoms. The summed E-state index contributed by atoms with van der Waals surface area (Å²) in [4.78, 5) is 4.16. The van der Waals surface area contributed by atoms with E-state index in [1.165, 1.54) is 24.4 Å². The van der Waals surface area contributed by atoms with Crippen molar-refractivity contribution in [1.29, 1.82) is 0 Å². The lowest BCUT2D eigenvalue weighted by molar-refractivity contribution is 0.432. The highest BCUT2D eigenvalue weighted by molar-refractivity contribution is 6.31. The summed E-state index contributed by atoms with van der Waals surface area (Å²) in [6.07, 6.45) is 1.48. The predicted molar refractivity (Wildman–Crippen MR) is 66.7 cm³/mol. The van der Waals surface area contributed by atoms with Crippen molar-refractivity contribution in [2.75, 3.05) is 5.73 Å². The van der Waals surface area contributed by atoms with Gasteiger partial charge < -0.3 is 10.3 Å². The number of nitrogen functional groups attached to an aromatic ring is 1. The van der Waals surface area contributed by atoms with Gasteiger partial charge in [-0.25, -0.2) is 4.39 Å². The molecule has 0 unspecified atom stereocenters. The molecule has 3 rings (SSSR count). The number of nitrogens with two attached hydrogens (primary N) is 1. The number of hydrogen-bond acceptors (Lipinski definition) is 5. The van der Waals surface area contributed by atoms with Crippen molar-refractivity contribution < 1.29 is 8.91 Å². The molecule has 2 aromatic heterocycles. The highest BCUT2D eigenvalue weighted by Gasteiger charge is 2.15. The lowest BCUT2D eigenvalue weighted by Crippen LogP contribution is -1.88. The van der Waals surface area contributed by atoms with Crippen LogP contribution in [0.4, 0.5) is 10.2 Å². The molecular formula is C11H7ClFN5O. The van der Waals surface area contributed by atoms with E-state index in [1.807, 2.05) is 0 Å². The smallest absolute Gasteiger partial charge is 0.263 e. The standard InChI is InChI=1S/C11H7ClFN5O/c12-7-3-5(1-2-8(7)13)10-16-11(19-18-10)6-4-15-17-9(6)14/h1-4H,(H3,14,15,17). The monoisotopic (exact) mass is 279 g/mol. The van der Waals surface area contributed by atoms with Gasteiger partial charge in [0.05, 0.1) is 11.2 Å². The Balaban J connectivity index is 2.01. The molecule has 0 radical (unpaired) electrons. The van der Waals surface area contributed by atoms with E-state index in [4.69, 9.17) is 21.9 Å². The first-order valence-corrected chi connectivity index (χ1v) is 5.61. The molecule has 6 nitrogen and oxygen atoms in total. The van der Waals surface area contributed by atoms with E-state index >= 15 is 0 Å². The van der Waals surface area contributed by atoms with Crippen LogP contribution in [-0.4, -0.2) is 20.3 Å². The van der Waals surface area contributed by atoms with Crippen LogP contribution in [0.5, 0.6) is 0 Å². The fourth-order valence-corrected chi connectivity index (χ4v) is 1.73. The first kappa shape index (κ1) is 11.7. The SMILES string of the molecule is Nc1[nH]ncc1-c1nc(-c2ccc(F)c(Cl)c2)no1. The number of anilines is 1. The Morgan fingerprint density at radius 2 is 2.21 bits per heavy atom. The lowest BCUT2D eigenvalue weighted by Gasteiger charge is -1.96. The first-order valence-electron chi connectivity index (χ1n) is 5.23. The van der Waals surface area contributed by atoms with Crippen LogP contribution in [0.25, 0.3) is 22.8 Å². The molecule has 0 aliphatic rings. The van der Waals surface area contributed by atoms with Crippen LogP contribution in [0.2, 0.25) is 5.02 Å². The number of hydrogen-bond donors (Lipinski definition) is 2. The number of aromatic amines is 1. The van der Waals surface area contributed by atoms with Gasteiger partial charge in [-0.3, -0.25) is 5.10 Å². The number of aromatic nitrogens is 4. The molecule has 0 bridgehead atoms. The Kier molecular flexibility index (Phi) is 2.68. The largest absolute Gasteiger partial charge is 0.383 e. The molecule has 0 spiro atoms. The van der Waals surface area contributed by atoms with Crippen molar-refractivity contribution in [2.24, 2.45) is 0 Å². The lowest BCUT2D eigenvalue weighted by atomic mass is 10.2. The summed E-state index contributed by atoms with van der Waals surface area (Å²) >= 11 is 5.70. The van der Waals surface area contributed by atoms with E-state index in [2.05, 4.69) is 20.3 Å². The van der Waals surface area contributed by atoms with Crippen LogP contribution >= 0.6 is 11.6 Å². The van der Waals surface area contributed by atoms with E-state index in [-0.39, 0.29) is 16.7 Å². The molecule has 0 aliphatic carbocycles. The fraction of sp³-hybridized carbons (Fsp3) is 0. The minimum atomic E-state index is -0.506. The molecule has 96 valence electrons. The van der Waals surface area contributed by atoms with Gasteiger partial charge in [-0.15, -0.1) is 0 Å². The first-order chi connectivity index (χ1) is 9.15. The van der Waals surface area contributed by atoms with Crippen molar-refractivity contribution in [3.05, 3.63) is 35.2 Å². The van der Waals surface area contributed by atoms with Crippen LogP contribution in [0.1, 0.15) is 0 Å². The maximum atomic E-state index is 13.1. The third-order valence-corrected chi connectivity index (χ3v) is 2.79. The molecule has 2 heterocycles. The second-order valence-corrected chi connectivity index (χ2v) is 4.16. The number of nitrogens with zero attached hydrogens (tertiary/aromatic N) is 3. The quantitative estimate of drug-likeness (QED) is 0.751. The number of rotatable bonds is 2. The number of halogens is 2. The van der Waals surface area contributed by atoms with E-state index in [0.717, 1.165) is 0 Å². The maximum Gasteiger partial charge on any atom is 0.263 e. The van der Waals surface area contributed by atoms with Gasteiger partial charge in [-0.2, -0.15) is 10.1 Å². The topological polar surface area (TPSA) is 93.6 Å². The molecule has 0 saturated heterocycles. The molecule has 0 aliphatic heterocycles. The number of H-pyrrole nitrogens is 1. The predicted octanol–water partition coefficient (Wildman–Crippen LogP) is 2.50. The Labute approximate surface area is 111 Å². The van der Waals surface area contributed by atoms with Gasteiger partial charge in [0.2, 0.25) is 5.82 Å². The average Bonchev–Trinajstić information content (AvgIpc) is 3.01. The van der Waals surface area contributed by atoms with Crippen LogP contribution in [0.3, 0.4) is 0 Å². The van der Waals surface area contributed by atoms with Crippen LogP contribution < -0.4 is 5.73 Å². The highest BCUT2D eigenvalue weighted by atomic mass is 35.5. The van der Waals surface area contributed by atoms with Crippen LogP contribution in [0.15, 0.2) is 28.9 Å². The molecule has 3 N–H and O–H groups in total. The van der Waals surface area contributed by atoms with Gasteiger partial charge in [-0.05, 0) is 18.2 Å². The molecule has 0 fully saturated rings. The summed E-state index contributed by atoms with van der Waals surface area (Å²) in [5.74, 6) is 0.333. The summed E-state index contributed by atoms with van der Waals surface area (Å²) in [5.41, 5.74) is 6.70. The van der Waals surface area contributed by atoms with Gasteiger partial charge in [0.1, 0.15) is 17.2 Å². The Hall–Kier alpha value is -2.41. The van der Waals surface area contributed by atoms with Crippen LogP contribution in [-0.2, 0) is 0 Å². The second kappa shape index (κ2) is 4.36. The van der Waals surface area contributed by atoms with E-state index in [0.29, 0.717) is 16.9 Å². The maximum absolute atomic E-state index is 13.1. The second-order valence-electron chi connectivity index (χ2n) is 3.75. The van der Waals surface area contributed by atoms with Crippen molar-refractivity contribution in [2.45, 2.75) is 0 Å². The number of nitrogens with one attached hydrogen (secondary N) is 1. The van der Waals surface area contributed by atoms with Gasteiger partial charge in [0, 0.05) is 5.56 Å². The van der Waals surface area contributed by atoms with E-state index in [1.54, 1.807) is 0 Å². The zero-order valence-corrected chi connectivity index (χ0v) is 10.1. The molecule has 0 amide bonds. The Morgan fingerprint density at radius 1 is 1.37 bits per heavy atom. The van der Waals surface area contributed by atoms with Gasteiger partial charge in [0.15, 0.2) is 0 Å². The Morgan fingerprint density at radius 3 is 2.89 bits per heavy atom. The molecule has 0 saturated carbocycles. The van der Waals surface area contributed by atoms with Crippen molar-refractivity contribution in [3.63, 3.8) is 0 Å². The summed E-state index contributed by atoms with van der Waals surface area (Å²) in [6.45, 7) is 0. The summed E-state index contributed by atoms with van der Waals surface area (Å²) < 4.78 is 18.1. The minimum Gasteiger partial charge on any atom is -0.383 e. The van der Waals surface area contributed by atoms with Crippen molar-refractivity contribution in [3.8, 4) is 22.8 Å². The minimum absolute atomic E-state index is 0.00771. The number of benzene rings is 1. The summed E-state index contributed by atoms with van der Waals surface area (Å²) in [7, 11) is 0. The van der Waals surface area contributed by atoms with Gasteiger partial charge in [-0.1, -0.05) is 16.8 Å². The van der Waals surface area contributed by atoms with E-state index < -0.39 is 5.82 Å². The zero-order valence-electron chi connectivity index (χ0n) is 9.39. The molecule has 0 atom stereocenters. The van der Waals surface area contributed by atoms with E-state index in [9.17, 15) is 4.39 Å². The van der Waals surface area contributed by atoms with Gasteiger partial charge in [0.25, 0.3) is 5.89 Å². The van der Waals surface area contributed by atoms with Crippen molar-refractivity contribution >= 4 is 17.4 Å². The average molecular weight is 280 g/mol. The summed E-state index contributed by atoms with van der Waals surface area (Å²) in [5, 5.41) is 10.1. The van der Waals surface area contributed by atoms with Crippen molar-refractivity contribution in [1.82, 2.24) is 20.3 Å². The third-order valence-electron chi connectivity index (χ3n) is 2.50. The molecule has 3 aromatic rings. The van der Waals surface area contributed by atoms with Gasteiger partial charge >= 0.3 is 0 Å². The molecule has 1 aromatic carbocycles. The summed E-state index contributed by atoms with van der Waals surface area (Å²) in [6, 6.07) is 4.17.